The zero-order chi connectivity index (χ0) is 22.1. The number of anilines is 1. The molecular weight excluding hydrogens is 466 g/mol. The third-order valence-corrected chi connectivity index (χ3v) is 5.67. The standard InChI is InChI=1S/C23H25BrClN3O2/c1-14-9-18(10-15(2)22(14)25)30-13-21(29)26-20-12-19(23(3,4)5)27-28(20)17-8-6-7-16(24)11-17/h6-12H,13H2,1-5H3,(H,26,29). The van der Waals surface area contributed by atoms with Gasteiger partial charge in [-0.15, -0.1) is 0 Å². The van der Waals surface area contributed by atoms with E-state index in [0.29, 0.717) is 16.6 Å². The maximum Gasteiger partial charge on any atom is 0.263 e. The summed E-state index contributed by atoms with van der Waals surface area (Å²) in [5.41, 5.74) is 3.39. The van der Waals surface area contributed by atoms with Gasteiger partial charge in [0.05, 0.1) is 11.4 Å². The fourth-order valence-corrected chi connectivity index (χ4v) is 3.45. The second kappa shape index (κ2) is 8.82. The van der Waals surface area contributed by atoms with Crippen LogP contribution in [0, 0.1) is 13.8 Å². The van der Waals surface area contributed by atoms with Crippen molar-refractivity contribution in [2.75, 3.05) is 11.9 Å². The van der Waals surface area contributed by atoms with E-state index < -0.39 is 0 Å². The molecule has 0 radical (unpaired) electrons. The normalized spacial score (nSPS) is 11.4. The highest BCUT2D eigenvalue weighted by atomic mass is 79.9. The number of nitrogens with one attached hydrogen (secondary N) is 1. The van der Waals surface area contributed by atoms with Crippen LogP contribution >= 0.6 is 27.5 Å². The quantitative estimate of drug-likeness (QED) is 0.462. The van der Waals surface area contributed by atoms with E-state index in [1.54, 1.807) is 4.68 Å². The molecule has 0 spiro atoms. The van der Waals surface area contributed by atoms with E-state index in [9.17, 15) is 4.79 Å². The lowest BCUT2D eigenvalue weighted by Gasteiger charge is -2.14. The molecule has 0 aliphatic heterocycles. The van der Waals surface area contributed by atoms with Crippen LogP contribution in [0.15, 0.2) is 46.9 Å². The van der Waals surface area contributed by atoms with E-state index in [0.717, 1.165) is 27.0 Å². The van der Waals surface area contributed by atoms with Crippen molar-refractivity contribution in [2.24, 2.45) is 0 Å². The first-order valence-electron chi connectivity index (χ1n) is 9.60. The molecule has 0 atom stereocenters. The first kappa shape index (κ1) is 22.4. The van der Waals surface area contributed by atoms with Gasteiger partial charge in [-0.25, -0.2) is 4.68 Å². The largest absolute Gasteiger partial charge is 0.484 e. The SMILES string of the molecule is Cc1cc(OCC(=O)Nc2cc(C(C)(C)C)nn2-c2cccc(Br)c2)cc(C)c1Cl. The molecule has 1 amide bonds. The molecule has 0 aliphatic rings. The number of rotatable bonds is 5. The first-order chi connectivity index (χ1) is 14.0. The van der Waals surface area contributed by atoms with E-state index in [2.05, 4.69) is 42.0 Å². The molecule has 1 aromatic heterocycles. The average molecular weight is 491 g/mol. The number of carbonyl (C=O) groups is 1. The summed E-state index contributed by atoms with van der Waals surface area (Å²) in [6, 6.07) is 13.3. The van der Waals surface area contributed by atoms with Crippen LogP contribution in [0.4, 0.5) is 5.82 Å². The highest BCUT2D eigenvalue weighted by molar-refractivity contribution is 9.10. The molecule has 0 saturated heterocycles. The number of carbonyl (C=O) groups excluding carboxylic acids is 1. The number of hydrogen-bond acceptors (Lipinski definition) is 3. The van der Waals surface area contributed by atoms with Gasteiger partial charge in [0.1, 0.15) is 11.6 Å². The molecule has 1 N–H and O–H groups in total. The summed E-state index contributed by atoms with van der Waals surface area (Å²) in [7, 11) is 0. The lowest BCUT2D eigenvalue weighted by atomic mass is 9.92. The van der Waals surface area contributed by atoms with E-state index in [1.165, 1.54) is 0 Å². The number of aryl methyl sites for hydroxylation is 2. The Labute approximate surface area is 190 Å². The van der Waals surface area contributed by atoms with Gasteiger partial charge in [-0.2, -0.15) is 5.10 Å². The van der Waals surface area contributed by atoms with Crippen LogP contribution in [0.5, 0.6) is 5.75 Å². The number of amides is 1. The van der Waals surface area contributed by atoms with Gasteiger partial charge in [-0.3, -0.25) is 4.79 Å². The van der Waals surface area contributed by atoms with Gasteiger partial charge in [-0.05, 0) is 55.3 Å². The van der Waals surface area contributed by atoms with Crippen molar-refractivity contribution in [3.63, 3.8) is 0 Å². The minimum absolute atomic E-state index is 0.116. The van der Waals surface area contributed by atoms with Crippen LogP contribution in [0.25, 0.3) is 5.69 Å². The zero-order valence-corrected chi connectivity index (χ0v) is 20.1. The van der Waals surface area contributed by atoms with E-state index in [1.807, 2.05) is 56.3 Å². The predicted octanol–water partition coefficient (Wildman–Crippen LogP) is 6.22. The van der Waals surface area contributed by atoms with Crippen molar-refractivity contribution < 1.29 is 9.53 Å². The van der Waals surface area contributed by atoms with Crippen molar-refractivity contribution in [1.29, 1.82) is 0 Å². The van der Waals surface area contributed by atoms with Gasteiger partial charge in [0.15, 0.2) is 6.61 Å². The highest BCUT2D eigenvalue weighted by Gasteiger charge is 2.21. The molecule has 7 heteroatoms. The molecule has 158 valence electrons. The van der Waals surface area contributed by atoms with Crippen molar-refractivity contribution in [1.82, 2.24) is 9.78 Å². The third kappa shape index (κ3) is 5.24. The van der Waals surface area contributed by atoms with Gasteiger partial charge < -0.3 is 10.1 Å². The van der Waals surface area contributed by atoms with Crippen LogP contribution in [0.2, 0.25) is 5.02 Å². The maximum absolute atomic E-state index is 12.6. The Kier molecular flexibility index (Phi) is 6.58. The molecule has 3 aromatic rings. The molecule has 2 aromatic carbocycles. The van der Waals surface area contributed by atoms with E-state index >= 15 is 0 Å². The van der Waals surface area contributed by atoms with Crippen LogP contribution in [-0.4, -0.2) is 22.3 Å². The smallest absolute Gasteiger partial charge is 0.263 e. The molecule has 0 fully saturated rings. The predicted molar refractivity (Wildman–Crippen MR) is 125 cm³/mol. The third-order valence-electron chi connectivity index (χ3n) is 4.58. The van der Waals surface area contributed by atoms with E-state index in [4.69, 9.17) is 21.4 Å². The lowest BCUT2D eigenvalue weighted by molar-refractivity contribution is -0.118. The van der Waals surface area contributed by atoms with E-state index in [-0.39, 0.29) is 17.9 Å². The highest BCUT2D eigenvalue weighted by Crippen LogP contribution is 2.28. The summed E-state index contributed by atoms with van der Waals surface area (Å²) < 4.78 is 8.36. The molecule has 3 rings (SSSR count). The van der Waals surface area contributed by atoms with Gasteiger partial charge >= 0.3 is 0 Å². The number of nitrogens with zero attached hydrogens (tertiary/aromatic N) is 2. The monoisotopic (exact) mass is 489 g/mol. The Morgan fingerprint density at radius 1 is 1.17 bits per heavy atom. The number of aromatic nitrogens is 2. The molecule has 1 heterocycles. The van der Waals surface area contributed by atoms with Gasteiger partial charge in [-0.1, -0.05) is 54.4 Å². The molecule has 0 saturated carbocycles. The summed E-state index contributed by atoms with van der Waals surface area (Å²) in [5, 5.41) is 8.36. The molecule has 0 bridgehead atoms. The fraction of sp³-hybridized carbons (Fsp3) is 0.304. The van der Waals surface area contributed by atoms with Crippen molar-refractivity contribution >= 4 is 39.3 Å². The summed E-state index contributed by atoms with van der Waals surface area (Å²) in [6.07, 6.45) is 0. The Balaban J connectivity index is 1.81. The second-order valence-corrected chi connectivity index (χ2v) is 9.56. The fourth-order valence-electron chi connectivity index (χ4n) is 2.96. The van der Waals surface area contributed by atoms with Crippen LogP contribution in [-0.2, 0) is 10.2 Å². The number of hydrogen-bond donors (Lipinski definition) is 1. The van der Waals surface area contributed by atoms with Gasteiger partial charge in [0.25, 0.3) is 5.91 Å². The Bertz CT molecular complexity index is 1060. The molecule has 5 nitrogen and oxygen atoms in total. The summed E-state index contributed by atoms with van der Waals surface area (Å²) in [5.74, 6) is 0.937. The molecular formula is C23H25BrClN3O2. The Hall–Kier alpha value is -2.31. The van der Waals surface area contributed by atoms with Crippen LogP contribution in [0.1, 0.15) is 37.6 Å². The average Bonchev–Trinajstić information content (AvgIpc) is 3.08. The van der Waals surface area contributed by atoms with Crippen molar-refractivity contribution in [2.45, 2.75) is 40.0 Å². The Morgan fingerprint density at radius 2 is 1.83 bits per heavy atom. The Morgan fingerprint density at radius 3 is 2.43 bits per heavy atom. The maximum atomic E-state index is 12.6. The number of halogens is 2. The minimum Gasteiger partial charge on any atom is -0.484 e. The molecule has 30 heavy (non-hydrogen) atoms. The van der Waals surface area contributed by atoms with Crippen molar-refractivity contribution in [3.8, 4) is 11.4 Å². The van der Waals surface area contributed by atoms with Gasteiger partial charge in [0.2, 0.25) is 0 Å². The molecule has 0 aliphatic carbocycles. The topological polar surface area (TPSA) is 56.1 Å². The minimum atomic E-state index is -0.267. The first-order valence-corrected chi connectivity index (χ1v) is 10.8. The van der Waals surface area contributed by atoms with Crippen LogP contribution in [0.3, 0.4) is 0 Å². The lowest BCUT2D eigenvalue weighted by Crippen LogP contribution is -2.22. The number of ether oxygens (including phenoxy) is 1. The zero-order valence-electron chi connectivity index (χ0n) is 17.7. The van der Waals surface area contributed by atoms with Gasteiger partial charge in [0, 0.05) is 21.0 Å². The van der Waals surface area contributed by atoms with Crippen LogP contribution < -0.4 is 10.1 Å². The van der Waals surface area contributed by atoms with Crippen molar-refractivity contribution in [3.05, 3.63) is 68.8 Å². The summed E-state index contributed by atoms with van der Waals surface area (Å²) in [6.45, 7) is 9.95. The second-order valence-electron chi connectivity index (χ2n) is 8.26. The number of benzene rings is 2. The molecule has 0 unspecified atom stereocenters. The summed E-state index contributed by atoms with van der Waals surface area (Å²) in [4.78, 5) is 12.6. The summed E-state index contributed by atoms with van der Waals surface area (Å²) >= 11 is 9.69.